The second-order valence-corrected chi connectivity index (χ2v) is 30.1. The molecule has 0 bridgehead atoms. The molecule has 0 radical (unpaired) electrons. The number of aromatic hydroxyl groups is 4. The molecule has 17 nitrogen and oxygen atoms in total. The van der Waals surface area contributed by atoms with Gasteiger partial charge in [-0.25, -0.2) is 4.85 Å². The molecule has 2 aliphatic heterocycles. The zero-order chi connectivity index (χ0) is 83.7. The fourth-order valence-corrected chi connectivity index (χ4v) is 14.8. The Labute approximate surface area is 699 Å². The number of carbonyl (C=O) groups is 1. The normalized spacial score (nSPS) is 14.5. The van der Waals surface area contributed by atoms with Crippen molar-refractivity contribution in [1.82, 2.24) is 0 Å². The first-order chi connectivity index (χ1) is 57.9. The van der Waals surface area contributed by atoms with Crippen LogP contribution in [0.3, 0.4) is 0 Å². The van der Waals surface area contributed by atoms with Crippen molar-refractivity contribution in [2.75, 3.05) is 9.80 Å². The maximum absolute atomic E-state index is 11.1. The molecular weight excluding hydrogens is 1520 g/mol. The largest absolute Gasteiger partial charge is 0.508 e. The quantitative estimate of drug-likeness (QED) is 0.0235. The molecule has 0 fully saturated rings. The number of carbonyl (C=O) groups excluding carboxylic acids is 1. The molecule has 10 aromatic carbocycles. The fourth-order valence-electron chi connectivity index (χ4n) is 13.3. The van der Waals surface area contributed by atoms with Gasteiger partial charge in [0.15, 0.2) is 34.6 Å². The Morgan fingerprint density at radius 1 is 0.429 bits per heavy atom. The highest BCUT2D eigenvalue weighted by atomic mass is 32.1. The van der Waals surface area contributed by atoms with Gasteiger partial charge in [-0.15, -0.1) is 22.7 Å². The molecule has 584 valence electrons. The van der Waals surface area contributed by atoms with Crippen molar-refractivity contribution in [1.29, 1.82) is 26.3 Å². The summed E-state index contributed by atoms with van der Waals surface area (Å²) in [7, 11) is 0. The van der Waals surface area contributed by atoms with Crippen LogP contribution in [0.25, 0.3) is 35.2 Å². The lowest BCUT2D eigenvalue weighted by Crippen LogP contribution is -2.23. The van der Waals surface area contributed by atoms with E-state index in [4.69, 9.17) is 36.0 Å². The fraction of sp³-hybridized carbons (Fsp3) is 0.110. The van der Waals surface area contributed by atoms with Crippen LogP contribution < -0.4 is 19.3 Å². The van der Waals surface area contributed by atoms with Gasteiger partial charge in [-0.2, -0.15) is 26.3 Å². The number of thiophene rings is 2. The number of allylic oxidation sites excluding steroid dienone is 3. The van der Waals surface area contributed by atoms with E-state index in [0.717, 1.165) is 93.7 Å². The maximum Gasteiger partial charge on any atom is 0.237 e. The predicted molar refractivity (Wildman–Crippen MR) is 466 cm³/mol. The number of phenolic OH excluding ortho intramolecular Hbond substituents is 4. The molecule has 12 aromatic rings. The Morgan fingerprint density at radius 2 is 0.773 bits per heavy atom. The summed E-state index contributed by atoms with van der Waals surface area (Å²) in [6, 6.07) is 97.2. The molecule has 19 heteroatoms. The van der Waals surface area contributed by atoms with E-state index in [1.807, 2.05) is 275 Å². The van der Waals surface area contributed by atoms with E-state index in [-0.39, 0.29) is 56.9 Å². The number of hydrogen-bond donors (Lipinski definition) is 4. The molecule has 0 saturated carbocycles. The maximum atomic E-state index is 11.1. The average Bonchev–Trinajstić information content (AvgIpc) is 1.60. The van der Waals surface area contributed by atoms with Gasteiger partial charge in [0.25, 0.3) is 0 Å². The SMILES string of the molecule is CC1=C(C#N)C(=C(C#N)C#N)OC1(C)c1ccccc1.O=Cc1ccc(/C=C/c2ccc(N(Cc3ccc(O)cc3)Cc3ccc(O)cc3)cc2OCc2ccccc2)s1.[C-]#[N+]C1=C(/C=C/c2ccc(/C=C/c3ccc(N(Cc4ccc(O)cc4)Cc4ccc(O)cc4)cc3OCc3ccccc3)s2)C(C)(c2ccccc2)OC1=C(C#N)C#N. The van der Waals surface area contributed by atoms with Gasteiger partial charge in [0.2, 0.25) is 5.70 Å². The molecule has 2 unspecified atom stereocenters. The van der Waals surface area contributed by atoms with Gasteiger partial charge < -0.3 is 49.2 Å². The monoisotopic (exact) mass is 1600 g/mol. The Kier molecular flexibility index (Phi) is 27.4. The zero-order valence-electron chi connectivity index (χ0n) is 65.1. The number of phenols is 4. The number of aldehydes is 1. The molecule has 2 aromatic heterocycles. The molecule has 2 aliphatic rings. The molecule has 2 atom stereocenters. The molecule has 0 amide bonds. The van der Waals surface area contributed by atoms with Gasteiger partial charge in [0.05, 0.1) is 17.0 Å². The van der Waals surface area contributed by atoms with Crippen molar-refractivity contribution in [3.8, 4) is 64.8 Å². The van der Waals surface area contributed by atoms with E-state index < -0.39 is 11.2 Å². The minimum absolute atomic E-state index is 0.00839. The van der Waals surface area contributed by atoms with E-state index in [9.17, 15) is 41.0 Å². The predicted octanol–water partition coefficient (Wildman–Crippen LogP) is 22.6. The number of anilines is 2. The number of nitrogens with zero attached hydrogens (tertiary/aromatic N) is 8. The molecule has 119 heavy (non-hydrogen) atoms. The van der Waals surface area contributed by atoms with Crippen molar-refractivity contribution >= 4 is 70.7 Å². The lowest BCUT2D eigenvalue weighted by molar-refractivity contribution is 0.0728. The summed E-state index contributed by atoms with van der Waals surface area (Å²) in [5.74, 6) is 2.39. The van der Waals surface area contributed by atoms with Gasteiger partial charge in [0.1, 0.15) is 83.7 Å². The van der Waals surface area contributed by atoms with Crippen molar-refractivity contribution in [3.63, 3.8) is 0 Å². The van der Waals surface area contributed by atoms with Crippen molar-refractivity contribution in [2.24, 2.45) is 0 Å². The van der Waals surface area contributed by atoms with E-state index >= 15 is 0 Å². The summed E-state index contributed by atoms with van der Waals surface area (Å²) in [6.07, 6.45) is 12.7. The Balaban J connectivity index is 0.000000185. The number of ether oxygens (including phenoxy) is 4. The molecule has 14 rings (SSSR count). The Morgan fingerprint density at radius 3 is 1.13 bits per heavy atom. The van der Waals surface area contributed by atoms with Crippen LogP contribution >= 0.6 is 22.7 Å². The van der Waals surface area contributed by atoms with E-state index in [2.05, 4.69) is 38.9 Å². The second-order valence-electron chi connectivity index (χ2n) is 27.8. The summed E-state index contributed by atoms with van der Waals surface area (Å²) < 4.78 is 25.0. The lowest BCUT2D eigenvalue weighted by atomic mass is 9.87. The minimum Gasteiger partial charge on any atom is -0.508 e. The smallest absolute Gasteiger partial charge is 0.237 e. The zero-order valence-corrected chi connectivity index (χ0v) is 66.7. The summed E-state index contributed by atoms with van der Waals surface area (Å²) in [4.78, 5) is 22.9. The van der Waals surface area contributed by atoms with Crippen molar-refractivity contribution in [2.45, 2.75) is 71.4 Å². The molecule has 0 saturated heterocycles. The molecule has 4 heterocycles. The van der Waals surface area contributed by atoms with Gasteiger partial charge in [0, 0.05) is 81.0 Å². The van der Waals surface area contributed by atoms with Crippen LogP contribution in [0.1, 0.15) is 101 Å². The Hall–Kier alpha value is -15.6. The molecular formula is C100H78N8O9S2. The first-order valence-electron chi connectivity index (χ1n) is 37.6. The van der Waals surface area contributed by atoms with E-state index in [1.165, 1.54) is 11.3 Å². The number of hydrogen-bond acceptors (Lipinski definition) is 18. The van der Waals surface area contributed by atoms with Crippen molar-refractivity contribution in [3.05, 3.63) is 417 Å². The summed E-state index contributed by atoms with van der Waals surface area (Å²) in [6.45, 7) is 16.6. The van der Waals surface area contributed by atoms with Crippen LogP contribution in [0, 0.1) is 63.2 Å². The van der Waals surface area contributed by atoms with Crippen molar-refractivity contribution < 1.29 is 44.2 Å². The summed E-state index contributed by atoms with van der Waals surface area (Å²) in [5.41, 5.74) is 11.0. The third-order valence-corrected chi connectivity index (χ3v) is 21.8. The lowest BCUT2D eigenvalue weighted by Gasteiger charge is -2.28. The van der Waals surface area contributed by atoms with Crippen LogP contribution in [0.2, 0.25) is 0 Å². The van der Waals surface area contributed by atoms with Crippen LogP contribution in [0.5, 0.6) is 34.5 Å². The summed E-state index contributed by atoms with van der Waals surface area (Å²) >= 11 is 3.01. The highest BCUT2D eigenvalue weighted by molar-refractivity contribution is 7.14. The van der Waals surface area contributed by atoms with E-state index in [0.29, 0.717) is 61.2 Å². The topological polar surface area (TPSA) is 265 Å². The third kappa shape index (κ3) is 21.1. The summed E-state index contributed by atoms with van der Waals surface area (Å²) in [5, 5.41) is 85.9. The standard InChI is InChI=1S/C50H38N4O4S.C34H29NO4S.C16H11N3O/c1-50(40-11-7-4-8-12-40)46(48(53-2)49(58-50)39(30-51)31-52)28-27-45-26-25-44(59-45)24-18-38-17-19-41(29-47(38)57-34-37-9-5-3-6-10-37)54(32-35-13-20-42(55)21-14-35)33-36-15-22-43(56)23-16-36;36-23-33-19-18-32(40-33)17-11-28-10-12-29(20-34(28)39-24-27-4-2-1-3-5-27)35(21-25-6-13-30(37)14-7-25)22-26-8-15-31(38)16-9-26;1-11-14(10-19)15(12(8-17)9-18)20-16(11,2)13-6-4-3-5-7-13/h3-29,55-56H,32-34H2,1H3;1-20,23,37-38H,21-22,24H2;3-7H,1-2H3/b24-18+,28-27+;17-11+;. The highest BCUT2D eigenvalue weighted by Crippen LogP contribution is 2.49. The van der Waals surface area contributed by atoms with E-state index in [1.54, 1.807) is 78.9 Å². The second kappa shape index (κ2) is 39.4. The van der Waals surface area contributed by atoms with Crippen LogP contribution in [0.4, 0.5) is 11.4 Å². The van der Waals surface area contributed by atoms with Crippen LogP contribution in [0.15, 0.2) is 330 Å². The first kappa shape index (κ1) is 82.8. The van der Waals surface area contributed by atoms with Gasteiger partial charge in [-0.1, -0.05) is 176 Å². The third-order valence-electron chi connectivity index (χ3n) is 19.8. The van der Waals surface area contributed by atoms with Crippen LogP contribution in [-0.2, 0) is 60.1 Å². The average molecular weight is 1600 g/mol. The number of rotatable bonds is 25. The number of benzene rings is 10. The molecule has 0 spiro atoms. The Bertz CT molecular complexity index is 5990. The molecule has 0 aliphatic carbocycles. The minimum atomic E-state index is -1.09. The number of nitriles is 5. The highest BCUT2D eigenvalue weighted by Gasteiger charge is 2.45. The van der Waals surface area contributed by atoms with Gasteiger partial charge >= 0.3 is 0 Å². The van der Waals surface area contributed by atoms with Crippen LogP contribution in [-0.4, -0.2) is 26.7 Å². The van der Waals surface area contributed by atoms with Gasteiger partial charge in [-0.05, 0) is 198 Å². The first-order valence-corrected chi connectivity index (χ1v) is 39.3. The van der Waals surface area contributed by atoms with Gasteiger partial charge in [-0.3, -0.25) is 4.79 Å². The molecule has 4 N–H and O–H groups in total.